The number of fused-ring (bicyclic) bond motifs is 1. The van der Waals surface area contributed by atoms with Crippen LogP contribution in [0.4, 0.5) is 0 Å². The molecule has 0 N–H and O–H groups in total. The second-order valence-electron chi connectivity index (χ2n) is 12.2. The second-order valence-corrected chi connectivity index (χ2v) is 20.3. The minimum atomic E-state index is -3.64. The van der Waals surface area contributed by atoms with Crippen molar-refractivity contribution in [1.82, 2.24) is 4.67 Å². The first-order valence-corrected chi connectivity index (χ1v) is 18.9. The molecule has 0 spiro atoms. The smallest absolute Gasteiger partial charge is 0.227 e. The summed E-state index contributed by atoms with van der Waals surface area (Å²) in [5.74, 6) is 0. The monoisotopic (exact) mass is 579 g/mol. The van der Waals surface area contributed by atoms with E-state index >= 15 is 9.13 Å². The molecule has 4 aromatic carbocycles. The molecule has 4 atom stereocenters. The Morgan fingerprint density at radius 3 is 1.71 bits per heavy atom. The summed E-state index contributed by atoms with van der Waals surface area (Å²) in [4.78, 5) is 0. The average molecular weight is 580 g/mol. The molecule has 210 valence electrons. The van der Waals surface area contributed by atoms with Crippen LogP contribution in [0.5, 0.6) is 0 Å². The van der Waals surface area contributed by atoms with E-state index in [1.165, 1.54) is 0 Å². The van der Waals surface area contributed by atoms with Crippen molar-refractivity contribution in [2.24, 2.45) is 0 Å². The normalized spacial score (nSPS) is 27.9. The van der Waals surface area contributed by atoms with Crippen molar-refractivity contribution in [3.8, 4) is 0 Å². The van der Waals surface area contributed by atoms with E-state index in [9.17, 15) is 0 Å². The fraction of sp³-hybridized carbons (Fsp3) is 0.278. The summed E-state index contributed by atoms with van der Waals surface area (Å²) in [5.41, 5.74) is 4.50. The zero-order chi connectivity index (χ0) is 28.9. The third-order valence-corrected chi connectivity index (χ3v) is 20.1. The van der Waals surface area contributed by atoms with E-state index in [1.807, 2.05) is 60.7 Å². The lowest BCUT2D eigenvalue weighted by atomic mass is 9.75. The molecule has 41 heavy (non-hydrogen) atoms. The quantitative estimate of drug-likeness (QED) is 0.204. The highest BCUT2D eigenvalue weighted by molar-refractivity contribution is 8.41. The molecule has 0 amide bonds. The van der Waals surface area contributed by atoms with E-state index in [4.69, 9.17) is 0 Å². The summed E-state index contributed by atoms with van der Waals surface area (Å²) in [6.45, 7) is 1.38. The topological polar surface area (TPSA) is 37.4 Å². The largest absolute Gasteiger partial charge is 0.309 e. The van der Waals surface area contributed by atoms with Gasteiger partial charge < -0.3 is 4.57 Å². The SMILES string of the molecule is CCCCP1(=O)C(c2ccccc2)=C(c2ccccc2)C2(c3ccccc3)C(c3ccccc3)N(C(C)(C)C)P21=O. The van der Waals surface area contributed by atoms with Crippen molar-refractivity contribution in [2.45, 2.75) is 57.3 Å². The molecule has 3 nitrogen and oxygen atoms in total. The zero-order valence-corrected chi connectivity index (χ0v) is 26.2. The van der Waals surface area contributed by atoms with Crippen LogP contribution in [-0.4, -0.2) is 16.4 Å². The Morgan fingerprint density at radius 2 is 1.20 bits per heavy atom. The van der Waals surface area contributed by atoms with Gasteiger partial charge in [-0.25, -0.2) is 4.67 Å². The Morgan fingerprint density at radius 1 is 0.707 bits per heavy atom. The molecule has 2 heterocycles. The summed E-state index contributed by atoms with van der Waals surface area (Å²) >= 11 is 0. The van der Waals surface area contributed by atoms with Gasteiger partial charge in [-0.15, -0.1) is 0 Å². The number of benzene rings is 4. The van der Waals surface area contributed by atoms with Gasteiger partial charge in [-0.1, -0.05) is 135 Å². The van der Waals surface area contributed by atoms with E-state index < -0.39 is 24.5 Å². The lowest BCUT2D eigenvalue weighted by molar-refractivity contribution is 0.118. The molecular formula is C36H39NO2P2. The van der Waals surface area contributed by atoms with Gasteiger partial charge in [0.05, 0.1) is 6.04 Å². The predicted molar refractivity (Wildman–Crippen MR) is 174 cm³/mol. The van der Waals surface area contributed by atoms with E-state index in [1.54, 1.807) is 0 Å². The third-order valence-electron chi connectivity index (χ3n) is 8.74. The van der Waals surface area contributed by atoms with Crippen molar-refractivity contribution in [1.29, 1.82) is 0 Å². The van der Waals surface area contributed by atoms with Crippen LogP contribution in [0.2, 0.25) is 0 Å². The fourth-order valence-corrected chi connectivity index (χ4v) is 21.4. The van der Waals surface area contributed by atoms with Gasteiger partial charge in [-0.3, -0.25) is 4.57 Å². The van der Waals surface area contributed by atoms with Crippen molar-refractivity contribution >= 4 is 24.7 Å². The average Bonchev–Trinajstić information content (AvgIpc) is 3.12. The summed E-state index contributed by atoms with van der Waals surface area (Å²) in [6, 6.07) is 41.0. The third kappa shape index (κ3) is 3.90. The number of nitrogens with zero attached hydrogens (tertiary/aromatic N) is 1. The highest BCUT2D eigenvalue weighted by Gasteiger charge is 2.83. The minimum absolute atomic E-state index is 0.247. The summed E-state index contributed by atoms with van der Waals surface area (Å²) in [6.07, 6.45) is 2.09. The van der Waals surface area contributed by atoms with Crippen LogP contribution in [0.1, 0.15) is 68.8 Å². The molecule has 0 aromatic heterocycles. The minimum Gasteiger partial charge on any atom is -0.309 e. The Balaban J connectivity index is 1.85. The molecule has 6 rings (SSSR count). The Bertz CT molecular complexity index is 1660. The van der Waals surface area contributed by atoms with Crippen molar-refractivity contribution < 1.29 is 9.13 Å². The molecule has 0 bridgehead atoms. The molecule has 0 radical (unpaired) electrons. The predicted octanol–water partition coefficient (Wildman–Crippen LogP) is 10.7. The molecule has 4 unspecified atom stereocenters. The molecular weight excluding hydrogens is 540 g/mol. The van der Waals surface area contributed by atoms with Gasteiger partial charge in [0.1, 0.15) is 5.16 Å². The number of rotatable bonds is 7. The van der Waals surface area contributed by atoms with Crippen LogP contribution >= 0.6 is 13.8 Å². The van der Waals surface area contributed by atoms with Crippen LogP contribution < -0.4 is 0 Å². The van der Waals surface area contributed by atoms with E-state index in [0.29, 0.717) is 6.16 Å². The van der Waals surface area contributed by atoms with Crippen molar-refractivity contribution in [3.63, 3.8) is 0 Å². The number of hydrogen-bond acceptors (Lipinski definition) is 2. The fourth-order valence-electron chi connectivity index (χ4n) is 7.29. The van der Waals surface area contributed by atoms with Crippen LogP contribution in [0.3, 0.4) is 0 Å². The molecule has 0 saturated carbocycles. The standard InChI is InChI=1S/C36H39NO2P2/c1-5-6-27-40(38)33(29-21-13-8-14-22-29)32(28-19-11-7-12-20-28)36(31-25-17-10-18-26-31)34(30-23-15-9-16-24-30)37(35(2,3)4)41(36,40)39/h7-26,34H,5-6,27H2,1-4H3. The first-order valence-electron chi connectivity index (χ1n) is 14.7. The first-order chi connectivity index (χ1) is 19.7. The molecule has 2 aliphatic heterocycles. The van der Waals surface area contributed by atoms with Crippen molar-refractivity contribution in [2.75, 3.05) is 6.16 Å². The second kappa shape index (κ2) is 10.4. The lowest BCUT2D eigenvalue weighted by Gasteiger charge is -2.66. The van der Waals surface area contributed by atoms with Crippen LogP contribution in [0, 0.1) is 0 Å². The maximum atomic E-state index is 16.7. The maximum Gasteiger partial charge on any atom is 0.227 e. The maximum absolute atomic E-state index is 16.7. The number of hydrogen-bond donors (Lipinski definition) is 0. The van der Waals surface area contributed by atoms with Gasteiger partial charge >= 0.3 is 0 Å². The molecule has 5 heteroatoms. The Kier molecular flexibility index (Phi) is 7.14. The highest BCUT2D eigenvalue weighted by atomic mass is 32.1. The van der Waals surface area contributed by atoms with Crippen LogP contribution in [-0.2, 0) is 14.3 Å². The van der Waals surface area contributed by atoms with Gasteiger partial charge in [0.2, 0.25) is 6.98 Å². The van der Waals surface area contributed by atoms with E-state index in [-0.39, 0.29) is 6.04 Å². The molecule has 4 aromatic rings. The van der Waals surface area contributed by atoms with E-state index in [2.05, 4.69) is 93.0 Å². The lowest BCUT2D eigenvalue weighted by Crippen LogP contribution is -2.60. The number of unbranched alkanes of at least 4 members (excludes halogenated alkanes) is 1. The Labute approximate surface area is 245 Å². The molecule has 2 aliphatic rings. The summed E-state index contributed by atoms with van der Waals surface area (Å²) < 4.78 is 35.1. The van der Waals surface area contributed by atoms with Gasteiger partial charge in [-0.2, -0.15) is 0 Å². The summed E-state index contributed by atoms with van der Waals surface area (Å²) in [5, 5.41) is -0.142. The Hall–Kier alpha value is -2.96. The van der Waals surface area contributed by atoms with Crippen molar-refractivity contribution in [3.05, 3.63) is 144 Å². The van der Waals surface area contributed by atoms with Gasteiger partial charge in [0, 0.05) is 17.0 Å². The van der Waals surface area contributed by atoms with Crippen LogP contribution in [0.25, 0.3) is 10.9 Å². The van der Waals surface area contributed by atoms with Gasteiger partial charge in [-0.05, 0) is 55.0 Å². The first kappa shape index (κ1) is 28.2. The van der Waals surface area contributed by atoms with Gasteiger partial charge in [0.25, 0.3) is 0 Å². The molecule has 1 fully saturated rings. The van der Waals surface area contributed by atoms with E-state index in [0.717, 1.165) is 46.0 Å². The van der Waals surface area contributed by atoms with Gasteiger partial charge in [0.15, 0.2) is 6.83 Å². The molecule has 1 saturated heterocycles. The van der Waals surface area contributed by atoms with Crippen LogP contribution in [0.15, 0.2) is 121 Å². The summed E-state index contributed by atoms with van der Waals surface area (Å²) in [7, 11) is 0. The zero-order valence-electron chi connectivity index (χ0n) is 24.4. The molecule has 0 aliphatic carbocycles. The highest BCUT2D eigenvalue weighted by Crippen LogP contribution is 3.09.